The van der Waals surface area contributed by atoms with Gasteiger partial charge in [0.2, 0.25) is 5.91 Å². The van der Waals surface area contributed by atoms with Crippen LogP contribution in [0.5, 0.6) is 0 Å². The van der Waals surface area contributed by atoms with Crippen LogP contribution in [0.4, 0.5) is 0 Å². The van der Waals surface area contributed by atoms with Gasteiger partial charge in [-0.3, -0.25) is 14.4 Å². The van der Waals surface area contributed by atoms with Gasteiger partial charge in [-0.1, -0.05) is 25.1 Å². The van der Waals surface area contributed by atoms with E-state index in [-0.39, 0.29) is 18.6 Å². The van der Waals surface area contributed by atoms with Crippen LogP contribution in [0.15, 0.2) is 35.3 Å². The van der Waals surface area contributed by atoms with Gasteiger partial charge in [0.1, 0.15) is 13.1 Å². The topological polar surface area (TPSA) is 92.5 Å². The van der Waals surface area contributed by atoms with Crippen LogP contribution >= 0.6 is 0 Å². The monoisotopic (exact) mass is 303 g/mol. The number of aromatic nitrogens is 2. The third-order valence-corrected chi connectivity index (χ3v) is 3.22. The minimum atomic E-state index is -1.08. The number of carbonyl (C=O) groups excluding carboxylic acids is 1. The molecule has 22 heavy (non-hydrogen) atoms. The predicted molar refractivity (Wildman–Crippen MR) is 80.5 cm³/mol. The highest BCUT2D eigenvalue weighted by molar-refractivity contribution is 5.82. The van der Waals surface area contributed by atoms with Crippen molar-refractivity contribution >= 4 is 22.6 Å². The summed E-state index contributed by atoms with van der Waals surface area (Å²) in [4.78, 5) is 36.5. The van der Waals surface area contributed by atoms with Crippen LogP contribution < -0.4 is 5.56 Å². The number of hydrogen-bond donors (Lipinski definition) is 1. The van der Waals surface area contributed by atoms with Crippen molar-refractivity contribution in [3.8, 4) is 0 Å². The van der Waals surface area contributed by atoms with Crippen molar-refractivity contribution in [2.75, 3.05) is 13.1 Å². The van der Waals surface area contributed by atoms with Crippen molar-refractivity contribution in [3.63, 3.8) is 0 Å². The van der Waals surface area contributed by atoms with Crippen molar-refractivity contribution in [1.29, 1.82) is 0 Å². The lowest BCUT2D eigenvalue weighted by atomic mass is 10.2. The summed E-state index contributed by atoms with van der Waals surface area (Å²) in [5, 5.41) is 14.0. The second-order valence-electron chi connectivity index (χ2n) is 4.90. The normalized spacial score (nSPS) is 10.6. The average Bonchev–Trinajstić information content (AvgIpc) is 2.49. The fourth-order valence-corrected chi connectivity index (χ4v) is 2.19. The fourth-order valence-electron chi connectivity index (χ4n) is 2.19. The van der Waals surface area contributed by atoms with Gasteiger partial charge in [-0.2, -0.15) is 5.10 Å². The maximum absolute atomic E-state index is 12.3. The van der Waals surface area contributed by atoms with Crippen LogP contribution in [0.1, 0.15) is 13.3 Å². The Morgan fingerprint density at radius 1 is 1.32 bits per heavy atom. The molecule has 0 fully saturated rings. The van der Waals surface area contributed by atoms with Crippen LogP contribution in [0, 0.1) is 0 Å². The van der Waals surface area contributed by atoms with Gasteiger partial charge < -0.3 is 10.0 Å². The first-order valence-corrected chi connectivity index (χ1v) is 6.97. The van der Waals surface area contributed by atoms with Gasteiger partial charge in [-0.25, -0.2) is 4.68 Å². The van der Waals surface area contributed by atoms with E-state index in [0.29, 0.717) is 23.7 Å². The molecule has 1 heterocycles. The zero-order valence-corrected chi connectivity index (χ0v) is 12.2. The van der Waals surface area contributed by atoms with E-state index in [1.54, 1.807) is 24.3 Å². The fraction of sp³-hybridized carbons (Fsp3) is 0.333. The summed E-state index contributed by atoms with van der Waals surface area (Å²) in [5.74, 6) is -1.52. The Morgan fingerprint density at radius 3 is 2.73 bits per heavy atom. The average molecular weight is 303 g/mol. The van der Waals surface area contributed by atoms with Gasteiger partial charge in [-0.15, -0.1) is 0 Å². The van der Waals surface area contributed by atoms with E-state index < -0.39 is 11.9 Å². The highest BCUT2D eigenvalue weighted by Crippen LogP contribution is 2.06. The van der Waals surface area contributed by atoms with Crippen molar-refractivity contribution in [2.24, 2.45) is 0 Å². The maximum Gasteiger partial charge on any atom is 0.323 e. The van der Waals surface area contributed by atoms with Crippen molar-refractivity contribution in [1.82, 2.24) is 14.7 Å². The third kappa shape index (κ3) is 3.49. The number of carboxylic acids is 1. The van der Waals surface area contributed by atoms with Gasteiger partial charge in [0.25, 0.3) is 5.56 Å². The zero-order valence-electron chi connectivity index (χ0n) is 12.2. The molecule has 1 aromatic heterocycles. The van der Waals surface area contributed by atoms with Crippen LogP contribution in [0.2, 0.25) is 0 Å². The molecule has 2 aromatic rings. The molecule has 0 atom stereocenters. The highest BCUT2D eigenvalue weighted by atomic mass is 16.4. The number of nitrogens with zero attached hydrogens (tertiary/aromatic N) is 3. The van der Waals surface area contributed by atoms with Gasteiger partial charge in [0.15, 0.2) is 0 Å². The lowest BCUT2D eigenvalue weighted by Gasteiger charge is -2.20. The summed E-state index contributed by atoms with van der Waals surface area (Å²) in [7, 11) is 0. The molecule has 1 aromatic carbocycles. The molecule has 7 heteroatoms. The Morgan fingerprint density at radius 2 is 2.05 bits per heavy atom. The third-order valence-electron chi connectivity index (χ3n) is 3.22. The highest BCUT2D eigenvalue weighted by Gasteiger charge is 2.17. The minimum absolute atomic E-state index is 0.267. The molecule has 0 saturated heterocycles. The Bertz CT molecular complexity index is 754. The Kier molecular flexibility index (Phi) is 4.88. The Hall–Kier alpha value is -2.70. The van der Waals surface area contributed by atoms with E-state index in [1.165, 1.54) is 11.1 Å². The van der Waals surface area contributed by atoms with E-state index in [4.69, 9.17) is 5.11 Å². The summed E-state index contributed by atoms with van der Waals surface area (Å²) >= 11 is 0. The molecule has 116 valence electrons. The van der Waals surface area contributed by atoms with E-state index in [9.17, 15) is 14.4 Å². The Labute approximate surface area is 126 Å². The van der Waals surface area contributed by atoms with Crippen LogP contribution in [0.25, 0.3) is 10.8 Å². The van der Waals surface area contributed by atoms with Gasteiger partial charge in [-0.05, 0) is 12.5 Å². The van der Waals surface area contributed by atoms with E-state index in [2.05, 4.69) is 5.10 Å². The first kappa shape index (κ1) is 15.7. The second-order valence-corrected chi connectivity index (χ2v) is 4.90. The number of fused-ring (bicyclic) bond motifs is 1. The minimum Gasteiger partial charge on any atom is -0.480 e. The van der Waals surface area contributed by atoms with Crippen molar-refractivity contribution in [3.05, 3.63) is 40.8 Å². The van der Waals surface area contributed by atoms with Gasteiger partial charge >= 0.3 is 5.97 Å². The molecule has 0 spiro atoms. The van der Waals surface area contributed by atoms with E-state index >= 15 is 0 Å². The van der Waals surface area contributed by atoms with Crippen LogP contribution in [-0.4, -0.2) is 44.8 Å². The van der Waals surface area contributed by atoms with Gasteiger partial charge in [0, 0.05) is 11.9 Å². The molecule has 0 bridgehead atoms. The lowest BCUT2D eigenvalue weighted by molar-refractivity contribution is -0.144. The second kappa shape index (κ2) is 6.84. The zero-order chi connectivity index (χ0) is 16.1. The largest absolute Gasteiger partial charge is 0.480 e. The smallest absolute Gasteiger partial charge is 0.323 e. The molecule has 0 aliphatic heterocycles. The first-order chi connectivity index (χ1) is 10.5. The number of aliphatic carboxylic acids is 1. The molecule has 1 N–H and O–H groups in total. The van der Waals surface area contributed by atoms with E-state index in [0.717, 1.165) is 4.68 Å². The van der Waals surface area contributed by atoms with Crippen molar-refractivity contribution < 1.29 is 14.7 Å². The number of carboxylic acid groups (broad SMARTS) is 1. The number of rotatable bonds is 6. The summed E-state index contributed by atoms with van der Waals surface area (Å²) in [6, 6.07) is 6.98. The standard InChI is InChI=1S/C15H17N3O4/c1-2-7-17(10-14(20)21)13(19)9-18-15(22)12-6-4-3-5-11(12)8-16-18/h3-6,8H,2,7,9-10H2,1H3,(H,20,21). The van der Waals surface area contributed by atoms with Gasteiger partial charge in [0.05, 0.1) is 11.6 Å². The first-order valence-electron chi connectivity index (χ1n) is 6.97. The summed E-state index contributed by atoms with van der Waals surface area (Å²) in [6.45, 7) is 1.53. The van der Waals surface area contributed by atoms with Crippen molar-refractivity contribution in [2.45, 2.75) is 19.9 Å². The summed E-state index contributed by atoms with van der Waals surface area (Å²) in [6.07, 6.45) is 2.16. The molecular weight excluding hydrogens is 286 g/mol. The van der Waals surface area contributed by atoms with E-state index in [1.807, 2.05) is 6.92 Å². The lowest BCUT2D eigenvalue weighted by Crippen LogP contribution is -2.40. The molecule has 0 aliphatic rings. The number of benzene rings is 1. The molecule has 7 nitrogen and oxygen atoms in total. The van der Waals surface area contributed by atoms with Crippen LogP contribution in [0.3, 0.4) is 0 Å². The molecular formula is C15H17N3O4. The molecule has 1 amide bonds. The quantitative estimate of drug-likeness (QED) is 0.849. The number of hydrogen-bond acceptors (Lipinski definition) is 4. The SMILES string of the molecule is CCCN(CC(=O)O)C(=O)Cn1ncc2ccccc2c1=O. The number of amides is 1. The molecule has 0 radical (unpaired) electrons. The molecule has 0 unspecified atom stereocenters. The predicted octanol–water partition coefficient (Wildman–Crippen LogP) is 0.720. The van der Waals surface area contributed by atoms with Crippen LogP contribution in [-0.2, 0) is 16.1 Å². The summed E-state index contributed by atoms with van der Waals surface area (Å²) < 4.78 is 1.06. The Balaban J connectivity index is 2.25. The summed E-state index contributed by atoms with van der Waals surface area (Å²) in [5.41, 5.74) is -0.363. The molecule has 0 saturated carbocycles. The molecule has 2 rings (SSSR count). The maximum atomic E-state index is 12.3. The number of carbonyl (C=O) groups is 2. The molecule has 0 aliphatic carbocycles.